The molecule has 2 aromatic carbocycles. The number of amidine groups is 1. The standard InChI is InChI=1S/C23H23ClN4S/c1-15-12-18-22(26-20-8-4-5-9-21(20)27-23(18)29-15)28-11-10-25-17(14-28)13-16-6-2-3-7-19(16)24/h2-9,12,17,25,27H,10-11,13-14H2,1H3/t17-/m0/s1. The molecule has 0 aliphatic carbocycles. The Hall–Kier alpha value is -2.34. The Morgan fingerprint density at radius 1 is 1.17 bits per heavy atom. The van der Waals surface area contributed by atoms with E-state index in [1.54, 1.807) is 11.3 Å². The monoisotopic (exact) mass is 422 g/mol. The number of para-hydroxylation sites is 2. The molecule has 3 heterocycles. The number of nitrogens with zero attached hydrogens (tertiary/aromatic N) is 2. The van der Waals surface area contributed by atoms with Crippen molar-refractivity contribution in [2.75, 3.05) is 25.0 Å². The molecule has 0 radical (unpaired) electrons. The zero-order chi connectivity index (χ0) is 19.8. The van der Waals surface area contributed by atoms with E-state index in [9.17, 15) is 0 Å². The van der Waals surface area contributed by atoms with E-state index in [4.69, 9.17) is 16.6 Å². The summed E-state index contributed by atoms with van der Waals surface area (Å²) in [5, 5.41) is 9.27. The number of aliphatic imine (C=N–C) groups is 1. The highest BCUT2D eigenvalue weighted by molar-refractivity contribution is 7.16. The van der Waals surface area contributed by atoms with Crippen molar-refractivity contribution in [3.8, 4) is 0 Å². The van der Waals surface area contributed by atoms with Gasteiger partial charge in [-0.2, -0.15) is 0 Å². The van der Waals surface area contributed by atoms with Crippen molar-refractivity contribution < 1.29 is 0 Å². The van der Waals surface area contributed by atoms with Gasteiger partial charge in [0.2, 0.25) is 0 Å². The van der Waals surface area contributed by atoms with E-state index in [1.807, 2.05) is 18.2 Å². The van der Waals surface area contributed by atoms with Crippen LogP contribution in [0.2, 0.25) is 5.02 Å². The van der Waals surface area contributed by atoms with Crippen LogP contribution in [0.25, 0.3) is 0 Å². The van der Waals surface area contributed by atoms with Gasteiger partial charge >= 0.3 is 0 Å². The molecule has 0 unspecified atom stereocenters. The number of rotatable bonds is 2. The summed E-state index contributed by atoms with van der Waals surface area (Å²) in [6.45, 7) is 4.93. The lowest BCUT2D eigenvalue weighted by Gasteiger charge is -2.36. The van der Waals surface area contributed by atoms with Crippen LogP contribution >= 0.6 is 22.9 Å². The molecule has 3 aromatic rings. The van der Waals surface area contributed by atoms with Crippen LogP contribution in [0.15, 0.2) is 59.6 Å². The summed E-state index contributed by atoms with van der Waals surface area (Å²) in [5.74, 6) is 1.06. The van der Waals surface area contributed by atoms with Gasteiger partial charge in [0.25, 0.3) is 0 Å². The van der Waals surface area contributed by atoms with Crippen molar-refractivity contribution in [2.45, 2.75) is 19.4 Å². The van der Waals surface area contributed by atoms with Gasteiger partial charge in [-0.25, -0.2) is 4.99 Å². The molecule has 1 saturated heterocycles. The van der Waals surface area contributed by atoms with Crippen molar-refractivity contribution in [3.63, 3.8) is 0 Å². The zero-order valence-corrected chi connectivity index (χ0v) is 17.9. The van der Waals surface area contributed by atoms with Gasteiger partial charge in [-0.3, -0.25) is 0 Å². The van der Waals surface area contributed by atoms with Crippen LogP contribution in [0.1, 0.15) is 16.0 Å². The Balaban J connectivity index is 1.47. The van der Waals surface area contributed by atoms with Crippen LogP contribution in [0.3, 0.4) is 0 Å². The molecule has 29 heavy (non-hydrogen) atoms. The summed E-state index contributed by atoms with van der Waals surface area (Å²) in [6, 6.07) is 19.0. The maximum Gasteiger partial charge on any atom is 0.139 e. The molecule has 148 valence electrons. The van der Waals surface area contributed by atoms with Crippen LogP contribution < -0.4 is 10.6 Å². The van der Waals surface area contributed by atoms with Crippen LogP contribution in [-0.4, -0.2) is 36.4 Å². The number of benzene rings is 2. The summed E-state index contributed by atoms with van der Waals surface area (Å²) in [6.07, 6.45) is 0.911. The van der Waals surface area contributed by atoms with E-state index in [0.29, 0.717) is 6.04 Å². The average Bonchev–Trinajstić information content (AvgIpc) is 3.01. The number of aryl methyl sites for hydroxylation is 1. The predicted molar refractivity (Wildman–Crippen MR) is 123 cm³/mol. The lowest BCUT2D eigenvalue weighted by atomic mass is 10.0. The Morgan fingerprint density at radius 3 is 2.90 bits per heavy atom. The molecule has 5 rings (SSSR count). The number of thiophene rings is 1. The van der Waals surface area contributed by atoms with Crippen molar-refractivity contribution in [1.29, 1.82) is 0 Å². The third-order valence-corrected chi connectivity index (χ3v) is 6.79. The van der Waals surface area contributed by atoms with Crippen LogP contribution in [0, 0.1) is 6.92 Å². The fourth-order valence-corrected chi connectivity index (χ4v) is 5.20. The van der Waals surface area contributed by atoms with Gasteiger partial charge in [0.05, 0.1) is 16.9 Å². The summed E-state index contributed by atoms with van der Waals surface area (Å²) < 4.78 is 0. The van der Waals surface area contributed by atoms with Crippen molar-refractivity contribution in [2.24, 2.45) is 4.99 Å². The molecule has 6 heteroatoms. The first kappa shape index (κ1) is 18.7. The average molecular weight is 423 g/mol. The van der Waals surface area contributed by atoms with Crippen LogP contribution in [0.4, 0.5) is 16.4 Å². The van der Waals surface area contributed by atoms with Crippen molar-refractivity contribution in [1.82, 2.24) is 10.2 Å². The molecule has 1 atom stereocenters. The second-order valence-electron chi connectivity index (χ2n) is 7.57. The van der Waals surface area contributed by atoms with Crippen LogP contribution in [0.5, 0.6) is 0 Å². The van der Waals surface area contributed by atoms with Gasteiger partial charge in [-0.05, 0) is 43.2 Å². The summed E-state index contributed by atoms with van der Waals surface area (Å²) in [5.41, 5.74) is 4.44. The minimum atomic E-state index is 0.334. The number of hydrogen-bond donors (Lipinski definition) is 2. The third-order valence-electron chi connectivity index (χ3n) is 5.45. The number of hydrogen-bond acceptors (Lipinski definition) is 5. The van der Waals surface area contributed by atoms with Gasteiger partial charge in [0.15, 0.2) is 0 Å². The number of fused-ring (bicyclic) bond motifs is 2. The number of halogens is 1. The van der Waals surface area contributed by atoms with E-state index < -0.39 is 0 Å². The number of nitrogens with one attached hydrogen (secondary N) is 2. The summed E-state index contributed by atoms with van der Waals surface area (Å²) >= 11 is 8.19. The predicted octanol–water partition coefficient (Wildman–Crippen LogP) is 5.36. The first-order valence-corrected chi connectivity index (χ1v) is 11.1. The molecular weight excluding hydrogens is 400 g/mol. The van der Waals surface area contributed by atoms with E-state index in [2.05, 4.69) is 58.9 Å². The fraction of sp³-hybridized carbons (Fsp3) is 0.261. The molecule has 1 aromatic heterocycles. The van der Waals surface area contributed by atoms with Gasteiger partial charge in [0, 0.05) is 35.6 Å². The first-order valence-electron chi connectivity index (χ1n) is 9.94. The quantitative estimate of drug-likeness (QED) is 0.583. The smallest absolute Gasteiger partial charge is 0.139 e. The maximum atomic E-state index is 6.40. The molecule has 0 amide bonds. The Labute approximate surface area is 180 Å². The number of piperazine rings is 1. The topological polar surface area (TPSA) is 39.7 Å². The second-order valence-corrected chi connectivity index (χ2v) is 9.23. The highest BCUT2D eigenvalue weighted by atomic mass is 35.5. The first-order chi connectivity index (χ1) is 14.2. The van der Waals surface area contributed by atoms with E-state index in [1.165, 1.54) is 21.0 Å². The lowest BCUT2D eigenvalue weighted by molar-refractivity contribution is 0.290. The maximum absolute atomic E-state index is 6.40. The molecule has 2 N–H and O–H groups in total. The Kier molecular flexibility index (Phi) is 5.04. The molecular formula is C23H23ClN4S. The van der Waals surface area contributed by atoms with Gasteiger partial charge in [0.1, 0.15) is 10.8 Å². The Morgan fingerprint density at radius 2 is 2.00 bits per heavy atom. The molecule has 2 aliphatic heterocycles. The van der Waals surface area contributed by atoms with E-state index in [-0.39, 0.29) is 0 Å². The summed E-state index contributed by atoms with van der Waals surface area (Å²) in [7, 11) is 0. The highest BCUT2D eigenvalue weighted by Gasteiger charge is 2.27. The van der Waals surface area contributed by atoms with Gasteiger partial charge in [-0.1, -0.05) is 41.9 Å². The van der Waals surface area contributed by atoms with Crippen molar-refractivity contribution in [3.05, 3.63) is 75.6 Å². The van der Waals surface area contributed by atoms with Crippen LogP contribution in [-0.2, 0) is 6.42 Å². The number of anilines is 2. The SMILES string of the molecule is Cc1cc2c(s1)Nc1ccccc1N=C2N1CCN[C@@H](Cc2ccccc2Cl)C1. The minimum Gasteiger partial charge on any atom is -0.353 e. The van der Waals surface area contributed by atoms with Crippen molar-refractivity contribution >= 4 is 45.1 Å². The molecule has 4 nitrogen and oxygen atoms in total. The fourth-order valence-electron chi connectivity index (χ4n) is 4.07. The normalized spacial score (nSPS) is 18.3. The highest BCUT2D eigenvalue weighted by Crippen LogP contribution is 2.39. The molecule has 2 aliphatic rings. The third kappa shape index (κ3) is 3.78. The van der Waals surface area contributed by atoms with Gasteiger partial charge < -0.3 is 15.5 Å². The lowest BCUT2D eigenvalue weighted by Crippen LogP contribution is -2.53. The molecule has 0 bridgehead atoms. The molecule has 0 saturated carbocycles. The van der Waals surface area contributed by atoms with E-state index >= 15 is 0 Å². The minimum absolute atomic E-state index is 0.334. The molecule has 1 fully saturated rings. The summed E-state index contributed by atoms with van der Waals surface area (Å²) in [4.78, 5) is 8.82. The zero-order valence-electron chi connectivity index (χ0n) is 16.3. The van der Waals surface area contributed by atoms with E-state index in [0.717, 1.165) is 48.3 Å². The largest absolute Gasteiger partial charge is 0.353 e. The van der Waals surface area contributed by atoms with Gasteiger partial charge in [-0.15, -0.1) is 11.3 Å². The molecule has 0 spiro atoms. The second kappa shape index (κ2) is 7.82. The Bertz CT molecular complexity index is 1070.